The van der Waals surface area contributed by atoms with Crippen molar-refractivity contribution >= 4 is 52.2 Å². The number of phenolic OH excluding ortho intramolecular Hbond substituents is 1. The highest BCUT2D eigenvalue weighted by Gasteiger charge is 2.36. The van der Waals surface area contributed by atoms with E-state index in [-0.39, 0.29) is 32.8 Å². The van der Waals surface area contributed by atoms with Crippen LogP contribution in [-0.2, 0) is 4.79 Å². The fourth-order valence-electron chi connectivity index (χ4n) is 4.06. The molecule has 0 spiro atoms. The summed E-state index contributed by atoms with van der Waals surface area (Å²) in [6, 6.07) is 12.0. The summed E-state index contributed by atoms with van der Waals surface area (Å²) in [6.45, 7) is 0. The van der Waals surface area contributed by atoms with Crippen LogP contribution in [0.4, 0.5) is 5.69 Å². The van der Waals surface area contributed by atoms with Gasteiger partial charge in [-0.1, -0.05) is 48.2 Å². The summed E-state index contributed by atoms with van der Waals surface area (Å²) in [5, 5.41) is 12.9. The molecule has 4 rings (SSSR count). The highest BCUT2D eigenvalue weighted by molar-refractivity contribution is 7.11. The normalized spacial score (nSPS) is 14.6. The van der Waals surface area contributed by atoms with Crippen molar-refractivity contribution in [3.05, 3.63) is 69.1 Å². The molecule has 0 bridgehead atoms. The zero-order valence-electron chi connectivity index (χ0n) is 18.3. The summed E-state index contributed by atoms with van der Waals surface area (Å²) >= 11 is 13.3. The van der Waals surface area contributed by atoms with Gasteiger partial charge in [0.15, 0.2) is 5.69 Å². The molecule has 1 heterocycles. The molecule has 1 atom stereocenters. The molecule has 2 aromatic carbocycles. The lowest BCUT2D eigenvalue weighted by molar-refractivity contribution is -0.123. The molecule has 1 saturated carbocycles. The second kappa shape index (κ2) is 10.6. The van der Waals surface area contributed by atoms with E-state index in [0.29, 0.717) is 17.0 Å². The fourth-order valence-corrected chi connectivity index (χ4v) is 5.04. The van der Waals surface area contributed by atoms with E-state index < -0.39 is 11.9 Å². The van der Waals surface area contributed by atoms with Crippen LogP contribution in [0.5, 0.6) is 11.5 Å². The standard InChI is InChI=1S/C24H23Cl2N3O4S/c1-33-18-12-8-16(9-13-18)29(24(32)20-19(25)22(26)34-28-20)21(14-6-10-17(30)11-7-14)23(31)27-15-4-2-3-5-15/h6-13,15,21,30H,2-5H2,1H3,(H,27,31). The molecule has 1 fully saturated rings. The van der Waals surface area contributed by atoms with Gasteiger partial charge in [0.25, 0.3) is 5.91 Å². The Hall–Kier alpha value is -2.81. The zero-order valence-corrected chi connectivity index (χ0v) is 20.7. The Balaban J connectivity index is 1.83. The maximum atomic E-state index is 13.8. The average molecular weight is 520 g/mol. The summed E-state index contributed by atoms with van der Waals surface area (Å²) in [5.74, 6) is -0.255. The van der Waals surface area contributed by atoms with E-state index in [0.717, 1.165) is 37.2 Å². The molecular weight excluding hydrogens is 497 g/mol. The first-order valence-corrected chi connectivity index (χ1v) is 12.3. The van der Waals surface area contributed by atoms with Gasteiger partial charge < -0.3 is 15.2 Å². The molecule has 1 aliphatic carbocycles. The largest absolute Gasteiger partial charge is 0.508 e. The number of amides is 2. The van der Waals surface area contributed by atoms with Crippen molar-refractivity contribution in [3.63, 3.8) is 0 Å². The number of aromatic nitrogens is 1. The van der Waals surface area contributed by atoms with Gasteiger partial charge in [-0.15, -0.1) is 0 Å². The van der Waals surface area contributed by atoms with Gasteiger partial charge in [0.2, 0.25) is 5.91 Å². The second-order valence-corrected chi connectivity index (χ2v) is 9.73. The average Bonchev–Trinajstić information content (AvgIpc) is 3.47. The van der Waals surface area contributed by atoms with Crippen LogP contribution in [0.2, 0.25) is 9.36 Å². The third-order valence-electron chi connectivity index (χ3n) is 5.79. The van der Waals surface area contributed by atoms with Crippen LogP contribution in [0, 0.1) is 0 Å². The van der Waals surface area contributed by atoms with Crippen molar-refractivity contribution in [1.29, 1.82) is 0 Å². The number of phenols is 1. The first-order chi connectivity index (χ1) is 16.4. The second-order valence-electron chi connectivity index (χ2n) is 7.98. The third kappa shape index (κ3) is 5.14. The molecule has 0 aliphatic heterocycles. The van der Waals surface area contributed by atoms with Gasteiger partial charge >= 0.3 is 0 Å². The maximum Gasteiger partial charge on any atom is 0.280 e. The monoisotopic (exact) mass is 519 g/mol. The van der Waals surface area contributed by atoms with Crippen LogP contribution in [-0.4, -0.2) is 34.4 Å². The fraction of sp³-hybridized carbons (Fsp3) is 0.292. The number of carbonyl (C=O) groups excluding carboxylic acids is 2. The van der Waals surface area contributed by atoms with Gasteiger partial charge in [0, 0.05) is 11.7 Å². The SMILES string of the molecule is COc1ccc(N(C(=O)c2nsc(Cl)c2Cl)C(C(=O)NC2CCCC2)c2ccc(O)cc2)cc1. The Bertz CT molecular complexity index is 1160. The number of benzene rings is 2. The number of nitrogens with zero attached hydrogens (tertiary/aromatic N) is 2. The molecule has 178 valence electrons. The number of rotatable bonds is 7. The molecule has 0 saturated heterocycles. The molecular formula is C24H23Cl2N3O4S. The van der Waals surface area contributed by atoms with Crippen molar-refractivity contribution in [2.24, 2.45) is 0 Å². The van der Waals surface area contributed by atoms with Crippen LogP contribution in [0.3, 0.4) is 0 Å². The van der Waals surface area contributed by atoms with E-state index in [1.165, 1.54) is 17.0 Å². The third-order valence-corrected chi connectivity index (χ3v) is 7.40. The van der Waals surface area contributed by atoms with Gasteiger partial charge in [-0.25, -0.2) is 0 Å². The summed E-state index contributed by atoms with van der Waals surface area (Å²) in [4.78, 5) is 28.9. The first kappa shape index (κ1) is 24.3. The van der Waals surface area contributed by atoms with Gasteiger partial charge in [-0.3, -0.25) is 14.5 Å². The van der Waals surface area contributed by atoms with Gasteiger partial charge in [-0.2, -0.15) is 4.37 Å². The number of methoxy groups -OCH3 is 1. The molecule has 3 aromatic rings. The molecule has 2 N–H and O–H groups in total. The maximum absolute atomic E-state index is 13.8. The van der Waals surface area contributed by atoms with E-state index in [2.05, 4.69) is 9.69 Å². The lowest BCUT2D eigenvalue weighted by Crippen LogP contribution is -2.46. The van der Waals surface area contributed by atoms with Gasteiger partial charge in [0.05, 0.1) is 7.11 Å². The topological polar surface area (TPSA) is 91.8 Å². The predicted octanol–water partition coefficient (Wildman–Crippen LogP) is 5.61. The van der Waals surface area contributed by atoms with E-state index in [4.69, 9.17) is 27.9 Å². The van der Waals surface area contributed by atoms with Crippen molar-refractivity contribution < 1.29 is 19.4 Å². The molecule has 10 heteroatoms. The molecule has 1 aromatic heterocycles. The summed E-state index contributed by atoms with van der Waals surface area (Å²) in [7, 11) is 1.54. The Morgan fingerprint density at radius 1 is 1.12 bits per heavy atom. The number of aromatic hydroxyl groups is 1. The Labute approximate surface area is 211 Å². The molecule has 2 amide bonds. The Morgan fingerprint density at radius 2 is 1.76 bits per heavy atom. The number of carbonyl (C=O) groups is 2. The summed E-state index contributed by atoms with van der Waals surface area (Å²) in [6.07, 6.45) is 3.86. The Kier molecular flexibility index (Phi) is 7.60. The smallest absolute Gasteiger partial charge is 0.280 e. The molecule has 34 heavy (non-hydrogen) atoms. The van der Waals surface area contributed by atoms with Crippen LogP contribution in [0.15, 0.2) is 48.5 Å². The van der Waals surface area contributed by atoms with Crippen LogP contribution >= 0.6 is 34.7 Å². The van der Waals surface area contributed by atoms with Crippen molar-refractivity contribution in [3.8, 4) is 11.5 Å². The predicted molar refractivity (Wildman–Crippen MR) is 133 cm³/mol. The van der Waals surface area contributed by atoms with E-state index in [9.17, 15) is 14.7 Å². The van der Waals surface area contributed by atoms with E-state index in [1.807, 2.05) is 0 Å². The van der Waals surface area contributed by atoms with Crippen molar-refractivity contribution in [1.82, 2.24) is 9.69 Å². The van der Waals surface area contributed by atoms with Crippen molar-refractivity contribution in [2.45, 2.75) is 37.8 Å². The lowest BCUT2D eigenvalue weighted by Gasteiger charge is -2.32. The highest BCUT2D eigenvalue weighted by Crippen LogP contribution is 2.36. The minimum absolute atomic E-state index is 0.0371. The number of halogens is 2. The Morgan fingerprint density at radius 3 is 2.32 bits per heavy atom. The van der Waals surface area contributed by atoms with Crippen molar-refractivity contribution in [2.75, 3.05) is 12.0 Å². The zero-order chi connectivity index (χ0) is 24.2. The lowest BCUT2D eigenvalue weighted by atomic mass is 10.0. The number of nitrogens with one attached hydrogen (secondary N) is 1. The quantitative estimate of drug-likeness (QED) is 0.423. The minimum Gasteiger partial charge on any atom is -0.508 e. The number of ether oxygens (including phenoxy) is 1. The molecule has 1 aliphatic rings. The van der Waals surface area contributed by atoms with Crippen LogP contribution in [0.25, 0.3) is 0 Å². The van der Waals surface area contributed by atoms with Crippen LogP contribution in [0.1, 0.15) is 47.8 Å². The number of hydrogen-bond acceptors (Lipinski definition) is 6. The summed E-state index contributed by atoms with van der Waals surface area (Å²) < 4.78 is 9.58. The van der Waals surface area contributed by atoms with Gasteiger partial charge in [0.1, 0.15) is 26.9 Å². The van der Waals surface area contributed by atoms with E-state index in [1.54, 1.807) is 43.5 Å². The number of hydrogen-bond donors (Lipinski definition) is 2. The molecule has 0 radical (unpaired) electrons. The number of anilines is 1. The highest BCUT2D eigenvalue weighted by atomic mass is 35.5. The van der Waals surface area contributed by atoms with Gasteiger partial charge in [-0.05, 0) is 66.3 Å². The van der Waals surface area contributed by atoms with E-state index >= 15 is 0 Å². The minimum atomic E-state index is -1.04. The van der Waals surface area contributed by atoms with Crippen LogP contribution < -0.4 is 15.0 Å². The molecule has 7 nitrogen and oxygen atoms in total. The molecule has 1 unspecified atom stereocenters. The first-order valence-electron chi connectivity index (χ1n) is 10.8. The summed E-state index contributed by atoms with van der Waals surface area (Å²) in [5.41, 5.74) is 0.936.